The molecule has 0 unspecified atom stereocenters. The topological polar surface area (TPSA) is 51.3 Å². The Morgan fingerprint density at radius 3 is 2.53 bits per heavy atom. The Hall–Kier alpha value is -1.45. The lowest BCUT2D eigenvalue weighted by molar-refractivity contribution is 0.0735. The minimum atomic E-state index is 0.0264. The highest BCUT2D eigenvalue weighted by Gasteiger charge is 2.21. The molecular weight excluding hydrogens is 214 g/mol. The monoisotopic (exact) mass is 237 g/mol. The van der Waals surface area contributed by atoms with Crippen LogP contribution in [0.3, 0.4) is 0 Å². The third-order valence-corrected chi connectivity index (χ3v) is 2.54. The smallest absolute Gasteiger partial charge is 0.270 e. The number of hydrogen-bond donors (Lipinski definition) is 1. The molecule has 4 nitrogen and oxygen atoms in total. The summed E-state index contributed by atoms with van der Waals surface area (Å²) in [4.78, 5) is 14.0. The molecule has 1 amide bonds. The molecule has 1 aromatic heterocycles. The van der Waals surface area contributed by atoms with Crippen molar-refractivity contribution in [2.75, 3.05) is 19.3 Å². The Morgan fingerprint density at radius 2 is 2.06 bits per heavy atom. The van der Waals surface area contributed by atoms with Crippen molar-refractivity contribution in [2.45, 2.75) is 34.2 Å². The van der Waals surface area contributed by atoms with Gasteiger partial charge in [-0.2, -0.15) is 0 Å². The van der Waals surface area contributed by atoms with Crippen LogP contribution in [0.4, 0.5) is 5.69 Å². The van der Waals surface area contributed by atoms with Gasteiger partial charge in [0, 0.05) is 26.3 Å². The molecule has 17 heavy (non-hydrogen) atoms. The van der Waals surface area contributed by atoms with Crippen molar-refractivity contribution in [1.29, 1.82) is 0 Å². The lowest BCUT2D eigenvalue weighted by Crippen LogP contribution is -2.35. The van der Waals surface area contributed by atoms with E-state index in [9.17, 15) is 4.79 Å². The summed E-state index contributed by atoms with van der Waals surface area (Å²) in [6.45, 7) is 9.82. The first kappa shape index (κ1) is 13.6. The van der Waals surface area contributed by atoms with Gasteiger partial charge in [-0.25, -0.2) is 0 Å². The number of rotatable bonds is 3. The van der Waals surface area contributed by atoms with Gasteiger partial charge in [-0.15, -0.1) is 0 Å². The molecule has 1 heterocycles. The summed E-state index contributed by atoms with van der Waals surface area (Å²) < 4.78 is 1.89. The molecule has 0 fully saturated rings. The van der Waals surface area contributed by atoms with Crippen LogP contribution >= 0.6 is 0 Å². The minimum absolute atomic E-state index is 0.0264. The second-order valence-electron chi connectivity index (χ2n) is 5.67. The molecule has 4 heteroatoms. The fourth-order valence-corrected chi connectivity index (χ4v) is 1.95. The van der Waals surface area contributed by atoms with E-state index in [1.807, 2.05) is 18.5 Å². The van der Waals surface area contributed by atoms with Crippen molar-refractivity contribution < 1.29 is 4.79 Å². The number of amides is 1. The number of nitrogens with two attached hydrogens (primary N) is 1. The highest BCUT2D eigenvalue weighted by Crippen LogP contribution is 2.17. The van der Waals surface area contributed by atoms with Gasteiger partial charge in [-0.05, 0) is 18.4 Å². The zero-order valence-corrected chi connectivity index (χ0v) is 11.4. The Balaban J connectivity index is 2.88. The van der Waals surface area contributed by atoms with Crippen LogP contribution in [0.15, 0.2) is 12.3 Å². The summed E-state index contributed by atoms with van der Waals surface area (Å²) in [6, 6.07) is 1.74. The van der Waals surface area contributed by atoms with Crippen LogP contribution in [0.5, 0.6) is 0 Å². The van der Waals surface area contributed by atoms with Gasteiger partial charge in [-0.3, -0.25) is 4.79 Å². The number of nitrogens with zero attached hydrogens (tertiary/aromatic N) is 2. The predicted octanol–water partition coefficient (Wildman–Crippen LogP) is 2.21. The first-order valence-corrected chi connectivity index (χ1v) is 5.95. The second kappa shape index (κ2) is 4.82. The van der Waals surface area contributed by atoms with Crippen molar-refractivity contribution in [3.8, 4) is 0 Å². The van der Waals surface area contributed by atoms with Gasteiger partial charge in [-0.1, -0.05) is 20.8 Å². The number of carbonyl (C=O) groups excluding carboxylic acids is 1. The summed E-state index contributed by atoms with van der Waals surface area (Å²) >= 11 is 0. The zero-order chi connectivity index (χ0) is 13.2. The first-order chi connectivity index (χ1) is 7.74. The van der Waals surface area contributed by atoms with E-state index < -0.39 is 0 Å². The van der Waals surface area contributed by atoms with Crippen molar-refractivity contribution in [1.82, 2.24) is 9.47 Å². The predicted molar refractivity (Wildman–Crippen MR) is 70.9 cm³/mol. The molecule has 0 radical (unpaired) electrons. The molecule has 0 saturated carbocycles. The van der Waals surface area contributed by atoms with Crippen molar-refractivity contribution in [3.63, 3.8) is 0 Å². The van der Waals surface area contributed by atoms with Crippen LogP contribution in [0, 0.1) is 5.41 Å². The molecule has 0 saturated heterocycles. The van der Waals surface area contributed by atoms with Crippen LogP contribution in [0.25, 0.3) is 0 Å². The van der Waals surface area contributed by atoms with Crippen molar-refractivity contribution >= 4 is 11.6 Å². The van der Waals surface area contributed by atoms with Gasteiger partial charge in [0.25, 0.3) is 5.91 Å². The zero-order valence-electron chi connectivity index (χ0n) is 11.4. The molecule has 0 bridgehead atoms. The Kier molecular flexibility index (Phi) is 3.86. The van der Waals surface area contributed by atoms with Crippen LogP contribution < -0.4 is 5.73 Å². The quantitative estimate of drug-likeness (QED) is 0.876. The van der Waals surface area contributed by atoms with E-state index in [0.29, 0.717) is 11.4 Å². The van der Waals surface area contributed by atoms with Crippen LogP contribution in [0.2, 0.25) is 0 Å². The molecule has 0 aliphatic carbocycles. The van der Waals surface area contributed by atoms with Gasteiger partial charge in [0.05, 0.1) is 5.69 Å². The minimum Gasteiger partial charge on any atom is -0.397 e. The Labute approximate surface area is 103 Å². The normalized spacial score (nSPS) is 11.6. The highest BCUT2D eigenvalue weighted by molar-refractivity contribution is 5.93. The van der Waals surface area contributed by atoms with E-state index in [1.165, 1.54) is 0 Å². The van der Waals surface area contributed by atoms with Crippen LogP contribution in [0.1, 0.15) is 38.2 Å². The number of nitrogen functional groups attached to an aromatic ring is 1. The molecule has 2 N–H and O–H groups in total. The SMILES string of the molecule is CCn1cc(N)cc1C(=O)N(C)CC(C)(C)C. The van der Waals surface area contributed by atoms with Gasteiger partial charge in [0.2, 0.25) is 0 Å². The third kappa shape index (κ3) is 3.51. The maximum atomic E-state index is 12.3. The molecule has 0 aromatic carbocycles. The maximum absolute atomic E-state index is 12.3. The van der Waals surface area contributed by atoms with E-state index in [4.69, 9.17) is 5.73 Å². The van der Waals surface area contributed by atoms with E-state index in [2.05, 4.69) is 20.8 Å². The van der Waals surface area contributed by atoms with E-state index in [1.54, 1.807) is 17.2 Å². The fraction of sp³-hybridized carbons (Fsp3) is 0.615. The largest absolute Gasteiger partial charge is 0.397 e. The van der Waals surface area contributed by atoms with Gasteiger partial charge >= 0.3 is 0 Å². The standard InChI is InChI=1S/C13H23N3O/c1-6-16-8-10(14)7-11(16)12(17)15(5)9-13(2,3)4/h7-8H,6,9,14H2,1-5H3. The fourth-order valence-electron chi connectivity index (χ4n) is 1.95. The summed E-state index contributed by atoms with van der Waals surface area (Å²) in [5, 5.41) is 0. The molecule has 1 rings (SSSR count). The van der Waals surface area contributed by atoms with Gasteiger partial charge in [0.1, 0.15) is 5.69 Å². The van der Waals surface area contributed by atoms with E-state index in [0.717, 1.165) is 13.1 Å². The van der Waals surface area contributed by atoms with Gasteiger partial charge in [0.15, 0.2) is 0 Å². The van der Waals surface area contributed by atoms with E-state index in [-0.39, 0.29) is 11.3 Å². The number of carbonyl (C=O) groups is 1. The molecule has 0 aliphatic heterocycles. The number of hydrogen-bond acceptors (Lipinski definition) is 2. The second-order valence-corrected chi connectivity index (χ2v) is 5.67. The summed E-state index contributed by atoms with van der Waals surface area (Å²) in [5.74, 6) is 0.0264. The maximum Gasteiger partial charge on any atom is 0.270 e. The lowest BCUT2D eigenvalue weighted by Gasteiger charge is -2.26. The average molecular weight is 237 g/mol. The lowest BCUT2D eigenvalue weighted by atomic mass is 9.96. The van der Waals surface area contributed by atoms with Gasteiger partial charge < -0.3 is 15.2 Å². The summed E-state index contributed by atoms with van der Waals surface area (Å²) in [5.41, 5.74) is 7.13. The number of aryl methyl sites for hydroxylation is 1. The Morgan fingerprint density at radius 1 is 1.47 bits per heavy atom. The molecule has 0 spiro atoms. The summed E-state index contributed by atoms with van der Waals surface area (Å²) in [7, 11) is 1.83. The number of aromatic nitrogens is 1. The van der Waals surface area contributed by atoms with Crippen LogP contribution in [-0.2, 0) is 6.54 Å². The first-order valence-electron chi connectivity index (χ1n) is 5.95. The van der Waals surface area contributed by atoms with E-state index >= 15 is 0 Å². The van der Waals surface area contributed by atoms with Crippen LogP contribution in [-0.4, -0.2) is 29.0 Å². The van der Waals surface area contributed by atoms with Crippen molar-refractivity contribution in [2.24, 2.45) is 5.41 Å². The summed E-state index contributed by atoms with van der Waals surface area (Å²) in [6.07, 6.45) is 1.80. The number of anilines is 1. The molecule has 0 atom stereocenters. The third-order valence-electron chi connectivity index (χ3n) is 2.54. The molecular formula is C13H23N3O. The average Bonchev–Trinajstić information content (AvgIpc) is 2.55. The van der Waals surface area contributed by atoms with Crippen molar-refractivity contribution in [3.05, 3.63) is 18.0 Å². The Bertz CT molecular complexity index is 401. The molecule has 96 valence electrons. The molecule has 0 aliphatic rings. The molecule has 1 aromatic rings. The highest BCUT2D eigenvalue weighted by atomic mass is 16.2.